The average Bonchev–Trinajstić information content (AvgIpc) is 2.54. The molecule has 0 bridgehead atoms. The van der Waals surface area contributed by atoms with Crippen LogP contribution in [-0.4, -0.2) is 14.8 Å². The van der Waals surface area contributed by atoms with Crippen molar-refractivity contribution in [3.8, 4) is 0 Å². The van der Waals surface area contributed by atoms with Gasteiger partial charge in [0.05, 0.1) is 0 Å². The van der Waals surface area contributed by atoms with E-state index in [-0.39, 0.29) is 16.5 Å². The monoisotopic (exact) mass is 254 g/mol. The zero-order valence-corrected chi connectivity index (χ0v) is 11.0. The number of hydrogen-bond acceptors (Lipinski definition) is 2. The summed E-state index contributed by atoms with van der Waals surface area (Å²) in [4.78, 5) is 3.90. The van der Waals surface area contributed by atoms with Gasteiger partial charge in [-0.3, -0.25) is 4.68 Å². The van der Waals surface area contributed by atoms with Gasteiger partial charge in [0.1, 0.15) is 12.2 Å². The predicted molar refractivity (Wildman–Crippen MR) is 61.4 cm³/mol. The first-order valence-corrected chi connectivity index (χ1v) is 4.89. The second kappa shape index (κ2) is 16.1. The molecule has 15 heavy (non-hydrogen) atoms. The number of aromatic nitrogens is 3. The maximum atomic E-state index is 3.97. The molecule has 0 N–H and O–H groups in total. The maximum Gasteiger partial charge on any atom is 3.00 e. The van der Waals surface area contributed by atoms with Crippen LogP contribution in [0.15, 0.2) is 6.33 Å². The van der Waals surface area contributed by atoms with E-state index in [2.05, 4.69) is 30.9 Å². The molecular formula is C11H22N3Ni. The molecule has 0 aromatic carbocycles. The maximum absolute atomic E-state index is 3.97. The fourth-order valence-corrected chi connectivity index (χ4v) is 0.495. The molecule has 0 atom stereocenters. The van der Waals surface area contributed by atoms with E-state index < -0.39 is 0 Å². The number of aryl methyl sites for hydroxylation is 1. The van der Waals surface area contributed by atoms with E-state index in [0.717, 1.165) is 18.7 Å². The summed E-state index contributed by atoms with van der Waals surface area (Å²) in [5.41, 5.74) is 0. The number of rotatable bonds is 1. The van der Waals surface area contributed by atoms with Crippen molar-refractivity contribution in [1.82, 2.24) is 14.8 Å². The van der Waals surface area contributed by atoms with Crippen LogP contribution in [0.2, 0.25) is 0 Å². The van der Waals surface area contributed by atoms with Crippen molar-refractivity contribution < 1.29 is 16.5 Å². The van der Waals surface area contributed by atoms with Gasteiger partial charge in [-0.1, -0.05) is 20.4 Å². The minimum atomic E-state index is 0. The molecule has 1 aromatic heterocycles. The SMILES string of the molecule is [CH2-]CC.[CH2-]CC.[CH2-]Cn1cnc(C)n1.[Ni+3]. The van der Waals surface area contributed by atoms with E-state index in [1.165, 1.54) is 0 Å². The Labute approximate surface area is 105 Å². The third kappa shape index (κ3) is 16.3. The van der Waals surface area contributed by atoms with Crippen LogP contribution in [0, 0.1) is 27.7 Å². The molecule has 1 rings (SSSR count). The number of nitrogens with zero attached hydrogens (tertiary/aromatic N) is 3. The van der Waals surface area contributed by atoms with Gasteiger partial charge in [0.15, 0.2) is 0 Å². The van der Waals surface area contributed by atoms with E-state index in [9.17, 15) is 0 Å². The molecule has 0 fully saturated rings. The van der Waals surface area contributed by atoms with Gasteiger partial charge < -0.3 is 20.8 Å². The van der Waals surface area contributed by atoms with Crippen molar-refractivity contribution in [3.63, 3.8) is 0 Å². The fraction of sp³-hybridized carbons (Fsp3) is 0.545. The first-order chi connectivity index (χ1) is 6.65. The van der Waals surface area contributed by atoms with Gasteiger partial charge in [-0.15, -0.1) is 0 Å². The van der Waals surface area contributed by atoms with Gasteiger partial charge in [0.25, 0.3) is 0 Å². The van der Waals surface area contributed by atoms with Crippen LogP contribution >= 0.6 is 0 Å². The van der Waals surface area contributed by atoms with Gasteiger partial charge in [-0.2, -0.15) is 17.9 Å². The minimum Gasteiger partial charge on any atom is -0.344 e. The second-order valence-corrected chi connectivity index (χ2v) is 2.55. The molecule has 0 unspecified atom stereocenters. The topological polar surface area (TPSA) is 30.7 Å². The molecule has 1 aromatic rings. The molecule has 0 amide bonds. The first-order valence-electron chi connectivity index (χ1n) is 4.89. The van der Waals surface area contributed by atoms with Crippen molar-refractivity contribution >= 4 is 0 Å². The second-order valence-electron chi connectivity index (χ2n) is 2.55. The van der Waals surface area contributed by atoms with Crippen LogP contribution in [0.4, 0.5) is 0 Å². The van der Waals surface area contributed by atoms with Crippen molar-refractivity contribution in [2.45, 2.75) is 40.2 Å². The summed E-state index contributed by atoms with van der Waals surface area (Å²) >= 11 is 0. The van der Waals surface area contributed by atoms with E-state index in [4.69, 9.17) is 0 Å². The molecule has 0 aliphatic carbocycles. The molecule has 0 aliphatic rings. The normalized spacial score (nSPS) is 7.60. The summed E-state index contributed by atoms with van der Waals surface area (Å²) in [5, 5.41) is 3.97. The fourth-order valence-electron chi connectivity index (χ4n) is 0.495. The Bertz CT molecular complexity index is 197. The van der Waals surface area contributed by atoms with Crippen molar-refractivity contribution in [2.24, 2.45) is 0 Å². The van der Waals surface area contributed by atoms with E-state index in [1.54, 1.807) is 11.0 Å². The van der Waals surface area contributed by atoms with Crippen LogP contribution in [-0.2, 0) is 23.0 Å². The Morgan fingerprint density at radius 3 is 1.73 bits per heavy atom. The van der Waals surface area contributed by atoms with Gasteiger partial charge in [-0.25, -0.2) is 4.98 Å². The Kier molecular flexibility index (Phi) is 21.5. The predicted octanol–water partition coefficient (Wildman–Crippen LogP) is 2.88. The Hall–Kier alpha value is -0.366. The van der Waals surface area contributed by atoms with E-state index in [0.29, 0.717) is 6.54 Å². The minimum absolute atomic E-state index is 0. The summed E-state index contributed by atoms with van der Waals surface area (Å²) in [7, 11) is 0. The van der Waals surface area contributed by atoms with E-state index in [1.807, 2.05) is 20.8 Å². The third-order valence-corrected chi connectivity index (χ3v) is 0.880. The van der Waals surface area contributed by atoms with Gasteiger partial charge >= 0.3 is 16.5 Å². The van der Waals surface area contributed by atoms with E-state index >= 15 is 0 Å². The molecule has 1 radical (unpaired) electrons. The zero-order valence-electron chi connectivity index (χ0n) is 9.98. The summed E-state index contributed by atoms with van der Waals surface area (Å²) in [5.74, 6) is 0.800. The Morgan fingerprint density at radius 1 is 1.20 bits per heavy atom. The molecule has 1 heterocycles. The molecule has 0 aliphatic heterocycles. The smallest absolute Gasteiger partial charge is 0.344 e. The summed E-state index contributed by atoms with van der Waals surface area (Å²) < 4.78 is 1.69. The molecular weight excluding hydrogens is 233 g/mol. The van der Waals surface area contributed by atoms with Crippen molar-refractivity contribution in [2.75, 3.05) is 0 Å². The quantitative estimate of drug-likeness (QED) is 0.570. The molecule has 91 valence electrons. The molecule has 0 saturated heterocycles. The molecule has 0 saturated carbocycles. The van der Waals surface area contributed by atoms with Crippen molar-refractivity contribution in [1.29, 1.82) is 0 Å². The summed E-state index contributed by atoms with van der Waals surface area (Å²) in [6.07, 6.45) is 3.67. The average molecular weight is 255 g/mol. The summed E-state index contributed by atoms with van der Waals surface area (Å²) in [6.45, 7) is 17.1. The van der Waals surface area contributed by atoms with Crippen LogP contribution in [0.3, 0.4) is 0 Å². The Balaban J connectivity index is -0.000000177. The van der Waals surface area contributed by atoms with Gasteiger partial charge in [-0.05, 0) is 6.92 Å². The zero-order chi connectivity index (χ0) is 11.4. The van der Waals surface area contributed by atoms with Gasteiger partial charge in [0.2, 0.25) is 0 Å². The molecule has 0 spiro atoms. The van der Waals surface area contributed by atoms with Gasteiger partial charge in [0, 0.05) is 0 Å². The first kappa shape index (κ1) is 20.1. The standard InChI is InChI=1S/C5H8N3.2C3H7.Ni/c1-3-8-4-6-5(2)7-8;2*1-3-2;/h4H,1,3H2,2H3;2*1,3H2,2H3;/q3*-1;+3. The van der Waals surface area contributed by atoms with Crippen molar-refractivity contribution in [3.05, 3.63) is 32.9 Å². The summed E-state index contributed by atoms with van der Waals surface area (Å²) in [6, 6.07) is 0. The third-order valence-electron chi connectivity index (χ3n) is 0.880. The Morgan fingerprint density at radius 2 is 1.60 bits per heavy atom. The molecule has 4 heteroatoms. The van der Waals surface area contributed by atoms with Crippen LogP contribution < -0.4 is 0 Å². The molecule has 3 nitrogen and oxygen atoms in total. The largest absolute Gasteiger partial charge is 3.00 e. The van der Waals surface area contributed by atoms with Crippen LogP contribution in [0.25, 0.3) is 0 Å². The number of hydrogen-bond donors (Lipinski definition) is 0. The van der Waals surface area contributed by atoms with Crippen LogP contribution in [0.1, 0.15) is 32.5 Å². The van der Waals surface area contributed by atoms with Crippen LogP contribution in [0.5, 0.6) is 0 Å².